The molecule has 8 heteroatoms. The first-order valence-corrected chi connectivity index (χ1v) is 9.74. The highest BCUT2D eigenvalue weighted by Crippen LogP contribution is 2.21. The molecule has 2 rings (SSSR count). The Bertz CT molecular complexity index is 576. The molecule has 6 nitrogen and oxygen atoms in total. The summed E-state index contributed by atoms with van der Waals surface area (Å²) in [7, 11) is -3.37. The van der Waals surface area contributed by atoms with Gasteiger partial charge in [-0.3, -0.25) is 9.69 Å². The zero-order valence-electron chi connectivity index (χ0n) is 13.0. The molecular weight excluding hydrogens is 322 g/mol. The molecule has 0 aliphatic carbocycles. The van der Waals surface area contributed by atoms with Crippen LogP contribution in [0.1, 0.15) is 13.8 Å². The van der Waals surface area contributed by atoms with E-state index in [1.165, 1.54) is 15.6 Å². The van der Waals surface area contributed by atoms with E-state index in [1.54, 1.807) is 17.5 Å². The summed E-state index contributed by atoms with van der Waals surface area (Å²) in [6.45, 7) is 7.13. The summed E-state index contributed by atoms with van der Waals surface area (Å²) >= 11 is 1.24. The SMILES string of the molecule is CC(C)CNC(=O)CN1CCN(S(=O)(=O)c2cccs2)CC1. The average molecular weight is 345 g/mol. The van der Waals surface area contributed by atoms with Crippen LogP contribution in [0.3, 0.4) is 0 Å². The molecule has 1 aromatic rings. The van der Waals surface area contributed by atoms with Crippen molar-refractivity contribution in [2.75, 3.05) is 39.3 Å². The minimum Gasteiger partial charge on any atom is -0.355 e. The minimum absolute atomic E-state index is 0.00302. The molecule has 1 N–H and O–H groups in total. The summed E-state index contributed by atoms with van der Waals surface area (Å²) in [4.78, 5) is 13.8. The Morgan fingerprint density at radius 2 is 2.00 bits per heavy atom. The van der Waals surface area contributed by atoms with Gasteiger partial charge in [0, 0.05) is 32.7 Å². The number of carbonyl (C=O) groups is 1. The van der Waals surface area contributed by atoms with Gasteiger partial charge in [-0.1, -0.05) is 19.9 Å². The summed E-state index contributed by atoms with van der Waals surface area (Å²) in [6, 6.07) is 3.37. The molecule has 1 amide bonds. The number of thiophene rings is 1. The van der Waals surface area contributed by atoms with Crippen molar-refractivity contribution in [2.24, 2.45) is 5.92 Å². The van der Waals surface area contributed by atoms with E-state index >= 15 is 0 Å². The summed E-state index contributed by atoms with van der Waals surface area (Å²) in [5.41, 5.74) is 0. The average Bonchev–Trinajstić information content (AvgIpc) is 3.00. The van der Waals surface area contributed by atoms with Gasteiger partial charge in [0.15, 0.2) is 0 Å². The smallest absolute Gasteiger partial charge is 0.252 e. The summed E-state index contributed by atoms with van der Waals surface area (Å²) in [5, 5.41) is 4.65. The van der Waals surface area contributed by atoms with Crippen molar-refractivity contribution < 1.29 is 13.2 Å². The number of hydrogen-bond donors (Lipinski definition) is 1. The molecule has 1 fully saturated rings. The Morgan fingerprint density at radius 3 is 2.55 bits per heavy atom. The van der Waals surface area contributed by atoms with E-state index in [1.807, 2.05) is 4.90 Å². The number of rotatable bonds is 6. The van der Waals surface area contributed by atoms with E-state index in [-0.39, 0.29) is 5.91 Å². The highest BCUT2D eigenvalue weighted by molar-refractivity contribution is 7.91. The number of carbonyl (C=O) groups excluding carboxylic acids is 1. The molecule has 0 spiro atoms. The highest BCUT2D eigenvalue weighted by atomic mass is 32.2. The molecule has 2 heterocycles. The van der Waals surface area contributed by atoms with Crippen molar-refractivity contribution in [3.8, 4) is 0 Å². The fourth-order valence-corrected chi connectivity index (χ4v) is 4.81. The quantitative estimate of drug-likeness (QED) is 0.829. The van der Waals surface area contributed by atoms with Gasteiger partial charge < -0.3 is 5.32 Å². The van der Waals surface area contributed by atoms with Gasteiger partial charge in [0.05, 0.1) is 6.54 Å². The molecule has 0 saturated carbocycles. The van der Waals surface area contributed by atoms with Crippen LogP contribution in [-0.4, -0.2) is 62.8 Å². The van der Waals surface area contributed by atoms with E-state index in [0.29, 0.717) is 49.4 Å². The maximum absolute atomic E-state index is 12.4. The third kappa shape index (κ3) is 4.52. The van der Waals surface area contributed by atoms with Gasteiger partial charge in [0.1, 0.15) is 4.21 Å². The topological polar surface area (TPSA) is 69.7 Å². The first-order chi connectivity index (χ1) is 10.4. The van der Waals surface area contributed by atoms with Crippen molar-refractivity contribution in [3.63, 3.8) is 0 Å². The van der Waals surface area contributed by atoms with Crippen LogP contribution in [0.15, 0.2) is 21.7 Å². The number of piperazine rings is 1. The largest absolute Gasteiger partial charge is 0.355 e. The first-order valence-electron chi connectivity index (χ1n) is 7.42. The van der Waals surface area contributed by atoms with E-state index in [9.17, 15) is 13.2 Å². The highest BCUT2D eigenvalue weighted by Gasteiger charge is 2.29. The van der Waals surface area contributed by atoms with Gasteiger partial charge in [-0.25, -0.2) is 8.42 Å². The van der Waals surface area contributed by atoms with Gasteiger partial charge in [0.2, 0.25) is 5.91 Å². The second-order valence-corrected chi connectivity index (χ2v) is 8.92. The van der Waals surface area contributed by atoms with Crippen LogP contribution in [0.2, 0.25) is 0 Å². The first kappa shape index (κ1) is 17.4. The van der Waals surface area contributed by atoms with Crippen LogP contribution in [0, 0.1) is 5.92 Å². The van der Waals surface area contributed by atoms with E-state index in [2.05, 4.69) is 19.2 Å². The number of nitrogens with zero attached hydrogens (tertiary/aromatic N) is 2. The lowest BCUT2D eigenvalue weighted by atomic mass is 10.2. The third-order valence-electron chi connectivity index (χ3n) is 3.50. The normalized spacial score (nSPS) is 17.8. The molecule has 0 aromatic carbocycles. The predicted molar refractivity (Wildman–Crippen MR) is 87.4 cm³/mol. The molecule has 0 bridgehead atoms. The number of hydrogen-bond acceptors (Lipinski definition) is 5. The Morgan fingerprint density at radius 1 is 1.32 bits per heavy atom. The van der Waals surface area contributed by atoms with Crippen LogP contribution in [0.4, 0.5) is 0 Å². The van der Waals surface area contributed by atoms with Gasteiger partial charge in [-0.05, 0) is 17.4 Å². The Labute approximate surface area is 136 Å². The molecule has 0 unspecified atom stereocenters. The van der Waals surface area contributed by atoms with E-state index < -0.39 is 10.0 Å². The van der Waals surface area contributed by atoms with Crippen molar-refractivity contribution >= 4 is 27.3 Å². The van der Waals surface area contributed by atoms with Crippen LogP contribution < -0.4 is 5.32 Å². The second kappa shape index (κ2) is 7.54. The zero-order chi connectivity index (χ0) is 16.2. The summed E-state index contributed by atoms with van der Waals surface area (Å²) < 4.78 is 26.7. The third-order valence-corrected chi connectivity index (χ3v) is 6.77. The molecule has 1 aliphatic heterocycles. The van der Waals surface area contributed by atoms with Crippen molar-refractivity contribution in [1.82, 2.24) is 14.5 Å². The van der Waals surface area contributed by atoms with Crippen molar-refractivity contribution in [2.45, 2.75) is 18.1 Å². The fourth-order valence-electron chi connectivity index (χ4n) is 2.24. The molecule has 0 radical (unpaired) electrons. The zero-order valence-corrected chi connectivity index (χ0v) is 14.6. The number of amides is 1. The maximum atomic E-state index is 12.4. The van der Waals surface area contributed by atoms with Crippen LogP contribution in [-0.2, 0) is 14.8 Å². The molecule has 124 valence electrons. The molecule has 0 atom stereocenters. The lowest BCUT2D eigenvalue weighted by molar-refractivity contribution is -0.122. The lowest BCUT2D eigenvalue weighted by Crippen LogP contribution is -2.51. The Kier molecular flexibility index (Phi) is 5.96. The van der Waals surface area contributed by atoms with Gasteiger partial charge in [-0.2, -0.15) is 4.31 Å². The molecule has 1 aromatic heterocycles. The Hall–Kier alpha value is -0.960. The number of nitrogens with one attached hydrogen (secondary N) is 1. The molecule has 1 aliphatic rings. The number of sulfonamides is 1. The van der Waals surface area contributed by atoms with Crippen molar-refractivity contribution in [3.05, 3.63) is 17.5 Å². The fraction of sp³-hybridized carbons (Fsp3) is 0.643. The minimum atomic E-state index is -3.37. The Balaban J connectivity index is 1.82. The van der Waals surface area contributed by atoms with Crippen LogP contribution >= 0.6 is 11.3 Å². The molecule has 1 saturated heterocycles. The van der Waals surface area contributed by atoms with E-state index in [0.717, 1.165) is 0 Å². The second-order valence-electron chi connectivity index (χ2n) is 5.81. The summed E-state index contributed by atoms with van der Waals surface area (Å²) in [5.74, 6) is 0.431. The maximum Gasteiger partial charge on any atom is 0.252 e. The lowest BCUT2D eigenvalue weighted by Gasteiger charge is -2.33. The van der Waals surface area contributed by atoms with Crippen LogP contribution in [0.5, 0.6) is 0 Å². The molecular formula is C14H23N3O3S2. The predicted octanol–water partition coefficient (Wildman–Crippen LogP) is 0.827. The summed E-state index contributed by atoms with van der Waals surface area (Å²) in [6.07, 6.45) is 0. The van der Waals surface area contributed by atoms with Crippen LogP contribution in [0.25, 0.3) is 0 Å². The van der Waals surface area contributed by atoms with Gasteiger partial charge >= 0.3 is 0 Å². The monoisotopic (exact) mass is 345 g/mol. The van der Waals surface area contributed by atoms with Crippen molar-refractivity contribution in [1.29, 1.82) is 0 Å². The van der Waals surface area contributed by atoms with E-state index in [4.69, 9.17) is 0 Å². The molecule has 22 heavy (non-hydrogen) atoms. The van der Waals surface area contributed by atoms with Gasteiger partial charge in [0.25, 0.3) is 10.0 Å². The standard InChI is InChI=1S/C14H23N3O3S2/c1-12(2)10-15-13(18)11-16-5-7-17(8-6-16)22(19,20)14-4-3-9-21-14/h3-4,9,12H,5-8,10-11H2,1-2H3,(H,15,18). The van der Waals surface area contributed by atoms with Gasteiger partial charge in [-0.15, -0.1) is 11.3 Å².